The van der Waals surface area contributed by atoms with Crippen molar-refractivity contribution in [2.45, 2.75) is 24.9 Å². The van der Waals surface area contributed by atoms with E-state index in [-0.39, 0.29) is 32.1 Å². The molecule has 0 bridgehead atoms. The number of hydrogen-bond donors (Lipinski definition) is 0. The first-order valence-electron chi connectivity index (χ1n) is 10.2. The minimum Gasteiger partial charge on any atom is -0.336 e. The van der Waals surface area contributed by atoms with E-state index in [2.05, 4.69) is 10.1 Å². The zero-order valence-corrected chi connectivity index (χ0v) is 19.0. The summed E-state index contributed by atoms with van der Waals surface area (Å²) < 4.78 is 67.6. The molecular formula is C21H22F3N5O3S. The largest absolute Gasteiger partial charge is 0.416 e. The third-order valence-electron chi connectivity index (χ3n) is 5.65. The minimum atomic E-state index is -4.64. The Morgan fingerprint density at radius 1 is 1.06 bits per heavy atom. The number of halogens is 3. The Kier molecular flexibility index (Phi) is 5.69. The van der Waals surface area contributed by atoms with Crippen molar-refractivity contribution in [3.8, 4) is 0 Å². The number of benzene rings is 1. The van der Waals surface area contributed by atoms with Crippen LogP contribution in [0.5, 0.6) is 0 Å². The van der Waals surface area contributed by atoms with Gasteiger partial charge in [0.15, 0.2) is 5.65 Å². The van der Waals surface area contributed by atoms with Gasteiger partial charge in [0.2, 0.25) is 10.0 Å². The van der Waals surface area contributed by atoms with Crippen LogP contribution in [0.4, 0.5) is 13.2 Å². The highest BCUT2D eigenvalue weighted by Crippen LogP contribution is 2.31. The maximum Gasteiger partial charge on any atom is 0.416 e. The highest BCUT2D eigenvalue weighted by atomic mass is 32.2. The summed E-state index contributed by atoms with van der Waals surface area (Å²) >= 11 is 0. The maximum atomic E-state index is 13.3. The third-order valence-corrected chi connectivity index (χ3v) is 7.55. The first-order chi connectivity index (χ1) is 15.4. The van der Waals surface area contributed by atoms with Crippen LogP contribution in [0, 0.1) is 13.8 Å². The van der Waals surface area contributed by atoms with Crippen LogP contribution in [0.3, 0.4) is 0 Å². The second-order valence-electron chi connectivity index (χ2n) is 7.94. The number of carbonyl (C=O) groups is 1. The third kappa shape index (κ3) is 4.20. The van der Waals surface area contributed by atoms with E-state index >= 15 is 0 Å². The Bertz CT molecular complexity index is 1340. The number of rotatable bonds is 3. The molecule has 1 aromatic carbocycles. The average Bonchev–Trinajstić information content (AvgIpc) is 3.05. The molecule has 1 aliphatic rings. The van der Waals surface area contributed by atoms with E-state index in [9.17, 15) is 26.4 Å². The van der Waals surface area contributed by atoms with Crippen LogP contribution in [-0.2, 0) is 23.2 Å². The van der Waals surface area contributed by atoms with Crippen LogP contribution in [-0.4, -0.2) is 64.5 Å². The first kappa shape index (κ1) is 23.2. The molecule has 2 aromatic heterocycles. The van der Waals surface area contributed by atoms with Gasteiger partial charge in [-0.05, 0) is 38.1 Å². The number of hydrogen-bond acceptors (Lipinski definition) is 5. The predicted molar refractivity (Wildman–Crippen MR) is 114 cm³/mol. The van der Waals surface area contributed by atoms with Gasteiger partial charge in [0.05, 0.1) is 27.1 Å². The lowest BCUT2D eigenvalue weighted by Crippen LogP contribution is -2.50. The van der Waals surface area contributed by atoms with Gasteiger partial charge in [0, 0.05) is 38.9 Å². The van der Waals surface area contributed by atoms with Crippen molar-refractivity contribution < 1.29 is 26.4 Å². The Morgan fingerprint density at radius 3 is 2.36 bits per heavy atom. The van der Waals surface area contributed by atoms with Gasteiger partial charge in [-0.1, -0.05) is 6.07 Å². The van der Waals surface area contributed by atoms with Crippen molar-refractivity contribution in [1.29, 1.82) is 0 Å². The van der Waals surface area contributed by atoms with Crippen LogP contribution >= 0.6 is 0 Å². The van der Waals surface area contributed by atoms with Gasteiger partial charge in [0.1, 0.15) is 0 Å². The number of amides is 1. The fourth-order valence-corrected chi connectivity index (χ4v) is 5.49. The number of pyridine rings is 1. The van der Waals surface area contributed by atoms with Gasteiger partial charge < -0.3 is 4.90 Å². The number of nitrogens with zero attached hydrogens (tertiary/aromatic N) is 5. The monoisotopic (exact) mass is 481 g/mol. The van der Waals surface area contributed by atoms with Gasteiger partial charge in [-0.3, -0.25) is 9.48 Å². The summed E-state index contributed by atoms with van der Waals surface area (Å²) in [5.41, 5.74) is 1.31. The topological polar surface area (TPSA) is 88.4 Å². The van der Waals surface area contributed by atoms with Crippen molar-refractivity contribution >= 4 is 27.0 Å². The van der Waals surface area contributed by atoms with Crippen molar-refractivity contribution in [2.75, 3.05) is 26.2 Å². The summed E-state index contributed by atoms with van der Waals surface area (Å²) in [5, 5.41) is 4.98. The van der Waals surface area contributed by atoms with Crippen molar-refractivity contribution in [3.63, 3.8) is 0 Å². The molecule has 176 valence electrons. The molecule has 3 aromatic rings. The molecule has 12 heteroatoms. The van der Waals surface area contributed by atoms with Crippen LogP contribution in [0.25, 0.3) is 11.0 Å². The summed E-state index contributed by atoms with van der Waals surface area (Å²) in [4.78, 5) is 18.8. The fourth-order valence-electron chi connectivity index (χ4n) is 4.02. The van der Waals surface area contributed by atoms with Gasteiger partial charge in [-0.2, -0.15) is 22.6 Å². The Hall–Kier alpha value is -2.99. The summed E-state index contributed by atoms with van der Waals surface area (Å²) in [6.07, 6.45) is -4.64. The van der Waals surface area contributed by atoms with E-state index in [1.54, 1.807) is 36.5 Å². The summed E-state index contributed by atoms with van der Waals surface area (Å²) in [7, 11) is -2.39. The lowest BCUT2D eigenvalue weighted by Gasteiger charge is -2.34. The zero-order chi connectivity index (χ0) is 24.1. The number of carbonyl (C=O) groups excluding carboxylic acids is 1. The van der Waals surface area contributed by atoms with Gasteiger partial charge in [0.25, 0.3) is 5.91 Å². The van der Waals surface area contributed by atoms with Crippen molar-refractivity contribution in [1.82, 2.24) is 24.0 Å². The molecule has 0 saturated carbocycles. The molecule has 3 heterocycles. The molecule has 1 saturated heterocycles. The van der Waals surface area contributed by atoms with E-state index in [1.165, 1.54) is 0 Å². The fraction of sp³-hybridized carbons (Fsp3) is 0.381. The van der Waals surface area contributed by atoms with Gasteiger partial charge in [-0.25, -0.2) is 13.4 Å². The second-order valence-corrected chi connectivity index (χ2v) is 9.88. The number of fused-ring (bicyclic) bond motifs is 1. The second kappa shape index (κ2) is 8.10. The summed E-state index contributed by atoms with van der Waals surface area (Å²) in [6.45, 7) is 3.74. The molecule has 8 nitrogen and oxygen atoms in total. The Morgan fingerprint density at radius 2 is 1.73 bits per heavy atom. The molecule has 1 fully saturated rings. The van der Waals surface area contributed by atoms with Crippen molar-refractivity contribution in [2.24, 2.45) is 7.05 Å². The molecule has 0 unspecified atom stereocenters. The molecule has 1 aliphatic heterocycles. The standard InChI is InChI=1S/C21H22F3N5O3S/c1-13-11-17(18-14(2)26-27(3)19(18)25-13)20(30)28-7-9-29(10-8-28)33(31,32)16-6-4-5-15(12-16)21(22,23)24/h4-6,11-12H,7-10H2,1-3H3. The quantitative estimate of drug-likeness (QED) is 0.574. The molecule has 4 rings (SSSR count). The van der Waals surface area contributed by atoms with E-state index in [0.29, 0.717) is 34.1 Å². The Labute approximate surface area is 188 Å². The SMILES string of the molecule is Cc1cc(C(=O)N2CCN(S(=O)(=O)c3cccc(C(F)(F)F)c3)CC2)c2c(C)nn(C)c2n1. The highest BCUT2D eigenvalue weighted by Gasteiger charge is 2.35. The smallest absolute Gasteiger partial charge is 0.336 e. The van der Waals surface area contributed by atoms with Crippen LogP contribution in [0.15, 0.2) is 35.2 Å². The van der Waals surface area contributed by atoms with Crippen LogP contribution in [0.1, 0.15) is 27.3 Å². The number of alkyl halides is 3. The molecule has 0 N–H and O–H groups in total. The van der Waals surface area contributed by atoms with E-state index < -0.39 is 26.7 Å². The molecule has 0 spiro atoms. The zero-order valence-electron chi connectivity index (χ0n) is 18.2. The molecule has 0 radical (unpaired) electrons. The van der Waals surface area contributed by atoms with Crippen LogP contribution < -0.4 is 0 Å². The molecule has 1 amide bonds. The first-order valence-corrected chi connectivity index (χ1v) is 11.6. The number of aromatic nitrogens is 3. The van der Waals surface area contributed by atoms with Gasteiger partial charge in [-0.15, -0.1) is 0 Å². The lowest BCUT2D eigenvalue weighted by molar-refractivity contribution is -0.137. The lowest BCUT2D eigenvalue weighted by atomic mass is 10.1. The van der Waals surface area contributed by atoms with Crippen LogP contribution in [0.2, 0.25) is 0 Å². The average molecular weight is 482 g/mol. The maximum absolute atomic E-state index is 13.3. The van der Waals surface area contributed by atoms with Crippen molar-refractivity contribution in [3.05, 3.63) is 52.8 Å². The normalized spacial score (nSPS) is 15.9. The van der Waals surface area contributed by atoms with E-state index in [0.717, 1.165) is 22.5 Å². The molecule has 0 atom stereocenters. The minimum absolute atomic E-state index is 0.0243. The van der Waals surface area contributed by atoms with E-state index in [1.807, 2.05) is 0 Å². The van der Waals surface area contributed by atoms with Gasteiger partial charge >= 0.3 is 6.18 Å². The number of piperazine rings is 1. The number of sulfonamides is 1. The molecule has 33 heavy (non-hydrogen) atoms. The number of aryl methyl sites for hydroxylation is 3. The Balaban J connectivity index is 1.55. The van der Waals surface area contributed by atoms with E-state index in [4.69, 9.17) is 0 Å². The summed E-state index contributed by atoms with van der Waals surface area (Å²) in [6, 6.07) is 5.36. The predicted octanol–water partition coefficient (Wildman–Crippen LogP) is 2.75. The molecular weight excluding hydrogens is 459 g/mol. The highest BCUT2D eigenvalue weighted by molar-refractivity contribution is 7.89. The summed E-state index contributed by atoms with van der Waals surface area (Å²) in [5.74, 6) is -0.266. The molecule has 0 aliphatic carbocycles.